The average Bonchev–Trinajstić information content (AvgIpc) is 2.70. The standard InChI is InChI=1S/2C12H10O/c13-12-8-4-7-11(9-12)10-5-2-1-3-6-10;13-12-8-6-11(7-9-12)10-4-2-1-3-5-10/h2*1-9,13H. The Morgan fingerprint density at radius 2 is 0.808 bits per heavy atom. The van der Waals surface area contributed by atoms with Crippen molar-refractivity contribution in [2.45, 2.75) is 0 Å². The van der Waals surface area contributed by atoms with Crippen molar-refractivity contribution in [2.24, 2.45) is 0 Å². The van der Waals surface area contributed by atoms with Gasteiger partial charge in [-0.15, -0.1) is 0 Å². The molecule has 0 saturated heterocycles. The highest BCUT2D eigenvalue weighted by atomic mass is 16.3. The van der Waals surface area contributed by atoms with Gasteiger partial charge in [-0.05, 0) is 46.5 Å². The highest BCUT2D eigenvalue weighted by Gasteiger charge is 1.96. The Hall–Kier alpha value is -3.52. The smallest absolute Gasteiger partial charge is 0.116 e. The highest BCUT2D eigenvalue weighted by molar-refractivity contribution is 5.65. The summed E-state index contributed by atoms with van der Waals surface area (Å²) in [5.41, 5.74) is 4.46. The summed E-state index contributed by atoms with van der Waals surface area (Å²) in [6.45, 7) is 0. The van der Waals surface area contributed by atoms with E-state index in [1.54, 1.807) is 24.3 Å². The van der Waals surface area contributed by atoms with Crippen LogP contribution in [-0.4, -0.2) is 10.2 Å². The van der Waals surface area contributed by atoms with Crippen molar-refractivity contribution >= 4 is 0 Å². The molecular formula is C24H20O2. The second-order valence-electron chi connectivity index (χ2n) is 5.83. The molecule has 0 aliphatic heterocycles. The third-order valence-electron chi connectivity index (χ3n) is 3.93. The molecular weight excluding hydrogens is 320 g/mol. The molecule has 0 bridgehead atoms. The van der Waals surface area contributed by atoms with Crippen LogP contribution in [-0.2, 0) is 0 Å². The monoisotopic (exact) mass is 340 g/mol. The summed E-state index contributed by atoms with van der Waals surface area (Å²) in [4.78, 5) is 0. The number of benzene rings is 4. The summed E-state index contributed by atoms with van der Waals surface area (Å²) in [6.07, 6.45) is 0. The Morgan fingerprint density at radius 1 is 0.346 bits per heavy atom. The van der Waals surface area contributed by atoms with E-state index in [0.29, 0.717) is 11.5 Å². The van der Waals surface area contributed by atoms with Crippen molar-refractivity contribution in [3.05, 3.63) is 109 Å². The maximum atomic E-state index is 9.27. The van der Waals surface area contributed by atoms with Crippen LogP contribution in [0, 0.1) is 0 Å². The third kappa shape index (κ3) is 4.74. The molecule has 0 radical (unpaired) electrons. The SMILES string of the molecule is Oc1ccc(-c2ccccc2)cc1.Oc1cccc(-c2ccccc2)c1. The molecule has 0 fully saturated rings. The number of aromatic hydroxyl groups is 2. The first-order chi connectivity index (χ1) is 12.7. The van der Waals surface area contributed by atoms with E-state index in [9.17, 15) is 5.11 Å². The maximum absolute atomic E-state index is 9.27. The van der Waals surface area contributed by atoms with Crippen LogP contribution < -0.4 is 0 Å². The summed E-state index contributed by atoms with van der Waals surface area (Å²) >= 11 is 0. The summed E-state index contributed by atoms with van der Waals surface area (Å²) in [7, 11) is 0. The summed E-state index contributed by atoms with van der Waals surface area (Å²) < 4.78 is 0. The Kier molecular flexibility index (Phi) is 5.69. The van der Waals surface area contributed by atoms with Gasteiger partial charge in [0.05, 0.1) is 0 Å². The van der Waals surface area contributed by atoms with Gasteiger partial charge < -0.3 is 10.2 Å². The number of phenols is 2. The molecule has 128 valence electrons. The van der Waals surface area contributed by atoms with Crippen LogP contribution >= 0.6 is 0 Å². The molecule has 0 heterocycles. The normalized spacial score (nSPS) is 9.85. The van der Waals surface area contributed by atoms with E-state index >= 15 is 0 Å². The van der Waals surface area contributed by atoms with Gasteiger partial charge in [0.1, 0.15) is 11.5 Å². The Balaban J connectivity index is 0.000000151. The summed E-state index contributed by atoms with van der Waals surface area (Å²) in [6, 6.07) is 34.6. The van der Waals surface area contributed by atoms with E-state index in [-0.39, 0.29) is 0 Å². The van der Waals surface area contributed by atoms with Crippen molar-refractivity contribution in [3.8, 4) is 33.8 Å². The van der Waals surface area contributed by atoms with Crippen molar-refractivity contribution in [1.82, 2.24) is 0 Å². The fourth-order valence-electron chi connectivity index (χ4n) is 2.60. The predicted molar refractivity (Wildman–Crippen MR) is 107 cm³/mol. The average molecular weight is 340 g/mol. The molecule has 0 aromatic heterocycles. The van der Waals surface area contributed by atoms with Crippen molar-refractivity contribution in [3.63, 3.8) is 0 Å². The highest BCUT2D eigenvalue weighted by Crippen LogP contribution is 2.22. The van der Waals surface area contributed by atoms with Gasteiger partial charge >= 0.3 is 0 Å². The van der Waals surface area contributed by atoms with Gasteiger partial charge in [-0.1, -0.05) is 84.9 Å². The van der Waals surface area contributed by atoms with Crippen LogP contribution in [0.5, 0.6) is 11.5 Å². The largest absolute Gasteiger partial charge is 0.508 e. The van der Waals surface area contributed by atoms with Crippen LogP contribution in [0.1, 0.15) is 0 Å². The first-order valence-corrected chi connectivity index (χ1v) is 8.41. The van der Waals surface area contributed by atoms with Crippen LogP contribution in [0.3, 0.4) is 0 Å². The minimum Gasteiger partial charge on any atom is -0.508 e. The van der Waals surface area contributed by atoms with Crippen molar-refractivity contribution < 1.29 is 10.2 Å². The molecule has 4 aromatic rings. The van der Waals surface area contributed by atoms with Crippen LogP contribution in [0.25, 0.3) is 22.3 Å². The lowest BCUT2D eigenvalue weighted by molar-refractivity contribution is 0.475. The van der Waals surface area contributed by atoms with E-state index in [1.165, 1.54) is 5.56 Å². The van der Waals surface area contributed by atoms with Gasteiger partial charge in [-0.3, -0.25) is 0 Å². The molecule has 2 heteroatoms. The zero-order valence-electron chi connectivity index (χ0n) is 14.3. The molecule has 0 aliphatic rings. The van der Waals surface area contributed by atoms with Crippen LogP contribution in [0.2, 0.25) is 0 Å². The summed E-state index contributed by atoms with van der Waals surface area (Å²) in [5.74, 6) is 0.612. The van der Waals surface area contributed by atoms with E-state index in [4.69, 9.17) is 5.11 Å². The topological polar surface area (TPSA) is 40.5 Å². The first-order valence-electron chi connectivity index (χ1n) is 8.41. The number of hydrogen-bond donors (Lipinski definition) is 2. The molecule has 0 atom stereocenters. The van der Waals surface area contributed by atoms with Gasteiger partial charge in [-0.25, -0.2) is 0 Å². The Morgan fingerprint density at radius 3 is 1.35 bits per heavy atom. The van der Waals surface area contributed by atoms with Gasteiger partial charge in [0, 0.05) is 0 Å². The molecule has 0 amide bonds. The van der Waals surface area contributed by atoms with Gasteiger partial charge in [0.25, 0.3) is 0 Å². The molecule has 0 aliphatic carbocycles. The number of rotatable bonds is 2. The zero-order valence-corrected chi connectivity index (χ0v) is 14.3. The quantitative estimate of drug-likeness (QED) is 0.461. The lowest BCUT2D eigenvalue weighted by Crippen LogP contribution is -1.75. The minimum absolute atomic E-state index is 0.305. The van der Waals surface area contributed by atoms with Gasteiger partial charge in [0.2, 0.25) is 0 Å². The second-order valence-corrected chi connectivity index (χ2v) is 5.83. The second kappa shape index (κ2) is 8.54. The van der Waals surface area contributed by atoms with Crippen molar-refractivity contribution in [2.75, 3.05) is 0 Å². The Bertz CT molecular complexity index is 931. The van der Waals surface area contributed by atoms with E-state index in [0.717, 1.165) is 16.7 Å². The van der Waals surface area contributed by atoms with Crippen LogP contribution in [0.4, 0.5) is 0 Å². The Labute approximate surface area is 153 Å². The van der Waals surface area contributed by atoms with Gasteiger partial charge in [-0.2, -0.15) is 0 Å². The zero-order chi connectivity index (χ0) is 18.2. The lowest BCUT2D eigenvalue weighted by atomic mass is 10.1. The van der Waals surface area contributed by atoms with Gasteiger partial charge in [0.15, 0.2) is 0 Å². The lowest BCUT2D eigenvalue weighted by Gasteiger charge is -2.00. The molecule has 2 N–H and O–H groups in total. The minimum atomic E-state index is 0.305. The molecule has 0 spiro atoms. The molecule has 26 heavy (non-hydrogen) atoms. The molecule has 4 rings (SSSR count). The fraction of sp³-hybridized carbons (Fsp3) is 0. The van der Waals surface area contributed by atoms with E-state index in [1.807, 2.05) is 84.9 Å². The van der Waals surface area contributed by atoms with E-state index < -0.39 is 0 Å². The molecule has 4 aromatic carbocycles. The van der Waals surface area contributed by atoms with Crippen LogP contribution in [0.15, 0.2) is 109 Å². The number of phenolic OH excluding ortho intramolecular Hbond substituents is 2. The number of hydrogen-bond acceptors (Lipinski definition) is 2. The predicted octanol–water partition coefficient (Wildman–Crippen LogP) is 6.12. The first kappa shape index (κ1) is 17.3. The maximum Gasteiger partial charge on any atom is 0.116 e. The van der Waals surface area contributed by atoms with Crippen molar-refractivity contribution in [1.29, 1.82) is 0 Å². The van der Waals surface area contributed by atoms with E-state index in [2.05, 4.69) is 0 Å². The molecule has 0 unspecified atom stereocenters. The third-order valence-corrected chi connectivity index (χ3v) is 3.93. The summed E-state index contributed by atoms with van der Waals surface area (Å²) in [5, 5.41) is 18.4. The fourth-order valence-corrected chi connectivity index (χ4v) is 2.60. The molecule has 0 saturated carbocycles. The molecule has 2 nitrogen and oxygen atoms in total.